The van der Waals surface area contributed by atoms with Crippen LogP contribution in [0.15, 0.2) is 5.22 Å². The van der Waals surface area contributed by atoms with Gasteiger partial charge in [0.1, 0.15) is 6.04 Å². The lowest BCUT2D eigenvalue weighted by atomic mass is 10.1. The average molecular weight is 174 g/mol. The molecule has 0 aliphatic heterocycles. The van der Waals surface area contributed by atoms with E-state index >= 15 is 0 Å². The summed E-state index contributed by atoms with van der Waals surface area (Å²) in [6, 6.07) is -0.590. The van der Waals surface area contributed by atoms with Gasteiger partial charge in [-0.3, -0.25) is 5.43 Å². The number of nitrogens with two attached hydrogens (primary N) is 1. The van der Waals surface area contributed by atoms with Gasteiger partial charge in [0, 0.05) is 0 Å². The normalized spacial score (nSPS) is 11.8. The van der Waals surface area contributed by atoms with Gasteiger partial charge in [0.2, 0.25) is 0 Å². The molecule has 0 unspecified atom stereocenters. The minimum atomic E-state index is -0.590. The number of hydrogen-bond acceptors (Lipinski definition) is 5. The molecule has 0 saturated carbocycles. The highest BCUT2D eigenvalue weighted by Crippen LogP contribution is 2.01. The van der Waals surface area contributed by atoms with Gasteiger partial charge in [0.25, 0.3) is 0 Å². The van der Waals surface area contributed by atoms with Crippen LogP contribution in [-0.4, -0.2) is 12.0 Å². The predicted molar refractivity (Wildman–Crippen MR) is 41.9 cm³/mol. The van der Waals surface area contributed by atoms with Crippen molar-refractivity contribution in [3.63, 3.8) is 0 Å². The van der Waals surface area contributed by atoms with Crippen LogP contribution in [0, 0.1) is 5.53 Å². The second-order valence-electron chi connectivity index (χ2n) is 2.37. The smallest absolute Gasteiger partial charge is 0.348 e. The van der Waals surface area contributed by atoms with E-state index < -0.39 is 12.0 Å². The first kappa shape index (κ1) is 10.8. The van der Waals surface area contributed by atoms with Crippen LogP contribution in [0.1, 0.15) is 26.2 Å². The number of unbranched alkanes of at least 4 members (excludes halogenated alkanes) is 1. The summed E-state index contributed by atoms with van der Waals surface area (Å²) < 4.78 is 0. The van der Waals surface area contributed by atoms with E-state index in [1.54, 1.807) is 0 Å². The van der Waals surface area contributed by atoms with E-state index in [1.807, 2.05) is 6.92 Å². The van der Waals surface area contributed by atoms with E-state index in [-0.39, 0.29) is 0 Å². The summed E-state index contributed by atoms with van der Waals surface area (Å²) in [6.07, 6.45) is 2.41. The van der Waals surface area contributed by atoms with Crippen LogP contribution in [0.25, 0.3) is 0 Å². The monoisotopic (exact) mass is 174 g/mol. The van der Waals surface area contributed by atoms with Crippen molar-refractivity contribution >= 4 is 5.97 Å². The second-order valence-corrected chi connectivity index (χ2v) is 2.37. The molecule has 0 aliphatic carbocycles. The van der Waals surface area contributed by atoms with Gasteiger partial charge in [-0.05, 0) is 6.42 Å². The summed E-state index contributed by atoms with van der Waals surface area (Å²) in [6.45, 7) is 2.00. The molecule has 0 aliphatic rings. The maximum absolute atomic E-state index is 10.9. The van der Waals surface area contributed by atoms with Gasteiger partial charge in [-0.2, -0.15) is 11.4 Å². The Hall–Kier alpha value is -1.17. The number of carbonyl (C=O) groups is 1. The molecule has 0 heterocycles. The third-order valence-corrected chi connectivity index (χ3v) is 1.47. The standard InChI is InChI=1S/C6H14N4O2/c1-2-3-4-5(9-10-7)6(11)12-8/h5H,2-4,8H2,1H3,(H2,7,9)/t5-/m0/s1. The molecule has 0 fully saturated rings. The second kappa shape index (κ2) is 6.53. The van der Waals surface area contributed by atoms with Crippen molar-refractivity contribution < 1.29 is 9.63 Å². The SMILES string of the molecule is CCCC[C@H](NN=N)C(=O)ON. The fourth-order valence-electron chi connectivity index (χ4n) is 0.803. The van der Waals surface area contributed by atoms with E-state index in [0.29, 0.717) is 6.42 Å². The Morgan fingerprint density at radius 1 is 1.83 bits per heavy atom. The lowest BCUT2D eigenvalue weighted by molar-refractivity contribution is -0.147. The number of nitrogens with zero attached hydrogens (tertiary/aromatic N) is 1. The Bertz CT molecular complexity index is 150. The highest BCUT2D eigenvalue weighted by atomic mass is 16.7. The number of carbonyl (C=O) groups excluding carboxylic acids is 1. The molecule has 4 N–H and O–H groups in total. The van der Waals surface area contributed by atoms with E-state index in [1.165, 1.54) is 0 Å². The molecule has 6 nitrogen and oxygen atoms in total. The van der Waals surface area contributed by atoms with Crippen molar-refractivity contribution in [3.8, 4) is 0 Å². The fourth-order valence-corrected chi connectivity index (χ4v) is 0.803. The van der Waals surface area contributed by atoms with Crippen molar-refractivity contribution in [1.29, 1.82) is 5.53 Å². The summed E-state index contributed by atoms with van der Waals surface area (Å²) in [7, 11) is 0. The molecule has 0 saturated heterocycles. The fraction of sp³-hybridized carbons (Fsp3) is 0.833. The number of nitrogens with one attached hydrogen (secondary N) is 2. The van der Waals surface area contributed by atoms with Crippen molar-refractivity contribution in [2.75, 3.05) is 0 Å². The van der Waals surface area contributed by atoms with Crippen molar-refractivity contribution in [3.05, 3.63) is 0 Å². The topological polar surface area (TPSA) is 101 Å². The highest BCUT2D eigenvalue weighted by molar-refractivity contribution is 5.75. The molecule has 0 aromatic heterocycles. The van der Waals surface area contributed by atoms with Gasteiger partial charge in [-0.1, -0.05) is 25.0 Å². The Morgan fingerprint density at radius 3 is 2.92 bits per heavy atom. The maximum atomic E-state index is 10.9. The van der Waals surface area contributed by atoms with Gasteiger partial charge in [-0.25, -0.2) is 4.79 Å². The van der Waals surface area contributed by atoms with Crippen molar-refractivity contribution in [2.24, 2.45) is 11.1 Å². The Balaban J connectivity index is 3.84. The van der Waals surface area contributed by atoms with Crippen LogP contribution in [0.2, 0.25) is 0 Å². The predicted octanol–water partition coefficient (Wildman–Crippen LogP) is 0.498. The van der Waals surface area contributed by atoms with Gasteiger partial charge in [0.05, 0.1) is 0 Å². The molecule has 0 rings (SSSR count). The first-order chi connectivity index (χ1) is 5.76. The molecule has 1 atom stereocenters. The molecule has 0 aromatic carbocycles. The summed E-state index contributed by atoms with van der Waals surface area (Å²) in [4.78, 5) is 14.9. The van der Waals surface area contributed by atoms with E-state index in [9.17, 15) is 4.79 Å². The van der Waals surface area contributed by atoms with E-state index in [0.717, 1.165) is 12.8 Å². The Labute approximate surface area is 70.9 Å². The lowest BCUT2D eigenvalue weighted by Gasteiger charge is -2.10. The quantitative estimate of drug-likeness (QED) is 0.403. The van der Waals surface area contributed by atoms with Crippen molar-refractivity contribution in [1.82, 2.24) is 5.43 Å². The first-order valence-electron chi connectivity index (χ1n) is 3.78. The van der Waals surface area contributed by atoms with Gasteiger partial charge >= 0.3 is 5.97 Å². The zero-order valence-corrected chi connectivity index (χ0v) is 7.04. The molecule has 0 aromatic rings. The molecular weight excluding hydrogens is 160 g/mol. The summed E-state index contributed by atoms with van der Waals surface area (Å²) >= 11 is 0. The Kier molecular flexibility index (Phi) is 5.90. The van der Waals surface area contributed by atoms with E-state index in [4.69, 9.17) is 5.53 Å². The van der Waals surface area contributed by atoms with Crippen LogP contribution < -0.4 is 11.3 Å². The zero-order valence-electron chi connectivity index (χ0n) is 7.04. The lowest BCUT2D eigenvalue weighted by Crippen LogP contribution is -2.36. The van der Waals surface area contributed by atoms with Gasteiger partial charge in [-0.15, -0.1) is 0 Å². The minimum absolute atomic E-state index is 0.578. The molecule has 12 heavy (non-hydrogen) atoms. The van der Waals surface area contributed by atoms with Crippen LogP contribution in [0.3, 0.4) is 0 Å². The third-order valence-electron chi connectivity index (χ3n) is 1.47. The molecule has 0 amide bonds. The van der Waals surface area contributed by atoms with Crippen LogP contribution >= 0.6 is 0 Å². The zero-order chi connectivity index (χ0) is 9.40. The molecule has 0 bridgehead atoms. The molecule has 70 valence electrons. The Morgan fingerprint density at radius 2 is 2.50 bits per heavy atom. The summed E-state index contributed by atoms with van der Waals surface area (Å²) in [5.74, 6) is 4.10. The van der Waals surface area contributed by atoms with Gasteiger partial charge in [0.15, 0.2) is 0 Å². The van der Waals surface area contributed by atoms with Crippen LogP contribution in [0.5, 0.6) is 0 Å². The molecule has 0 radical (unpaired) electrons. The summed E-state index contributed by atoms with van der Waals surface area (Å²) in [5, 5.41) is 2.90. The number of hydrogen-bond donors (Lipinski definition) is 3. The minimum Gasteiger partial charge on any atom is -0.372 e. The van der Waals surface area contributed by atoms with Crippen molar-refractivity contribution in [2.45, 2.75) is 32.2 Å². The van der Waals surface area contributed by atoms with E-state index in [2.05, 4.69) is 21.4 Å². The highest BCUT2D eigenvalue weighted by Gasteiger charge is 2.17. The first-order valence-corrected chi connectivity index (χ1v) is 3.78. The third kappa shape index (κ3) is 3.87. The van der Waals surface area contributed by atoms with Gasteiger partial charge < -0.3 is 4.84 Å². The summed E-state index contributed by atoms with van der Waals surface area (Å²) in [5.41, 5.74) is 8.81. The molecule has 0 spiro atoms. The largest absolute Gasteiger partial charge is 0.372 e. The maximum Gasteiger partial charge on any atom is 0.348 e. The van der Waals surface area contributed by atoms with Crippen LogP contribution in [0.4, 0.5) is 0 Å². The number of rotatable bonds is 6. The molecular formula is C6H14N4O2. The average Bonchev–Trinajstić information content (AvgIpc) is 2.11. The molecule has 6 heteroatoms. The van der Waals surface area contributed by atoms with Crippen LogP contribution in [-0.2, 0) is 9.63 Å².